The summed E-state index contributed by atoms with van der Waals surface area (Å²) in [6.07, 6.45) is 0.0518. The zero-order chi connectivity index (χ0) is 14.2. The molecule has 0 spiro atoms. The summed E-state index contributed by atoms with van der Waals surface area (Å²) in [6, 6.07) is 3.00. The Morgan fingerprint density at radius 2 is 2.21 bits per heavy atom. The molecule has 1 fully saturated rings. The van der Waals surface area contributed by atoms with E-state index in [2.05, 4.69) is 0 Å². The number of likely N-dealkylation sites (tertiary alicyclic amines) is 1. The highest BCUT2D eigenvalue weighted by atomic mass is 16.5. The largest absolute Gasteiger partial charge is 0.480 e. The minimum Gasteiger partial charge on any atom is -0.480 e. The predicted molar refractivity (Wildman–Crippen MR) is 69.2 cm³/mol. The van der Waals surface area contributed by atoms with Crippen molar-refractivity contribution < 1.29 is 19.4 Å². The van der Waals surface area contributed by atoms with Gasteiger partial charge in [-0.2, -0.15) is 0 Å². The summed E-state index contributed by atoms with van der Waals surface area (Å²) in [4.78, 5) is 24.4. The van der Waals surface area contributed by atoms with E-state index in [-0.39, 0.29) is 17.2 Å². The summed E-state index contributed by atoms with van der Waals surface area (Å²) in [5.41, 5.74) is 6.53. The fraction of sp³-hybridized carbons (Fsp3) is 0.385. The van der Waals surface area contributed by atoms with Crippen LogP contribution < -0.4 is 10.5 Å². The predicted octanol–water partition coefficient (Wildman–Crippen LogP) is 0.885. The van der Waals surface area contributed by atoms with E-state index in [0.717, 1.165) is 0 Å². The van der Waals surface area contributed by atoms with Crippen molar-refractivity contribution in [1.29, 1.82) is 0 Å². The maximum atomic E-state index is 11.7. The Morgan fingerprint density at radius 1 is 1.53 bits per heavy atom. The lowest BCUT2D eigenvalue weighted by molar-refractivity contribution is -0.132. The summed E-state index contributed by atoms with van der Waals surface area (Å²) in [6.45, 7) is 2.35. The Labute approximate surface area is 110 Å². The molecule has 6 nitrogen and oxygen atoms in total. The summed E-state index contributed by atoms with van der Waals surface area (Å²) >= 11 is 0. The van der Waals surface area contributed by atoms with Crippen molar-refractivity contribution in [1.82, 2.24) is 4.90 Å². The Balaban J connectivity index is 2.26. The number of nitrogens with two attached hydrogens (primary N) is 1. The molecule has 0 aromatic heterocycles. The molecular weight excluding hydrogens is 248 g/mol. The van der Waals surface area contributed by atoms with Crippen molar-refractivity contribution in [2.45, 2.75) is 19.4 Å². The number of carbonyl (C=O) groups is 2. The van der Waals surface area contributed by atoms with E-state index in [1.807, 2.05) is 0 Å². The average molecular weight is 264 g/mol. The molecule has 1 unspecified atom stereocenters. The topological polar surface area (TPSA) is 92.9 Å². The summed E-state index contributed by atoms with van der Waals surface area (Å²) in [5, 5.41) is 9.06. The van der Waals surface area contributed by atoms with Gasteiger partial charge in [0.2, 0.25) is 0 Å². The highest BCUT2D eigenvalue weighted by molar-refractivity contribution is 5.95. The van der Waals surface area contributed by atoms with Crippen LogP contribution in [0.3, 0.4) is 0 Å². The van der Waals surface area contributed by atoms with Crippen LogP contribution in [0.15, 0.2) is 12.1 Å². The molecular formula is C13H16N2O4. The average Bonchev–Trinajstić information content (AvgIpc) is 2.65. The van der Waals surface area contributed by atoms with Gasteiger partial charge in [0, 0.05) is 25.7 Å². The van der Waals surface area contributed by atoms with E-state index in [1.165, 1.54) is 6.07 Å². The molecule has 0 aliphatic carbocycles. The highest BCUT2D eigenvalue weighted by Crippen LogP contribution is 2.26. The molecule has 3 N–H and O–H groups in total. The molecule has 2 rings (SSSR count). The molecule has 1 atom stereocenters. The number of likely N-dealkylation sites (N-methyl/N-ethyl adjacent to an activating group) is 1. The zero-order valence-corrected chi connectivity index (χ0v) is 10.8. The van der Waals surface area contributed by atoms with Crippen LogP contribution >= 0.6 is 0 Å². The Hall–Kier alpha value is -2.24. The van der Waals surface area contributed by atoms with E-state index in [4.69, 9.17) is 15.6 Å². The number of carbonyl (C=O) groups excluding carboxylic acids is 1. The van der Waals surface area contributed by atoms with Crippen molar-refractivity contribution in [3.05, 3.63) is 23.3 Å². The lowest BCUT2D eigenvalue weighted by Gasteiger charge is -2.15. The van der Waals surface area contributed by atoms with Gasteiger partial charge in [-0.25, -0.2) is 4.79 Å². The smallest absolute Gasteiger partial charge is 0.337 e. The van der Waals surface area contributed by atoms with Crippen LogP contribution in [0.4, 0.5) is 5.69 Å². The van der Waals surface area contributed by atoms with Crippen molar-refractivity contribution in [2.75, 3.05) is 19.3 Å². The van der Waals surface area contributed by atoms with Gasteiger partial charge in [-0.05, 0) is 24.6 Å². The van der Waals surface area contributed by atoms with Crippen LogP contribution in [0.2, 0.25) is 0 Å². The maximum Gasteiger partial charge on any atom is 0.337 e. The van der Waals surface area contributed by atoms with Crippen LogP contribution in [0.25, 0.3) is 0 Å². The molecule has 0 radical (unpaired) electrons. The van der Waals surface area contributed by atoms with Crippen LogP contribution in [0.5, 0.6) is 5.75 Å². The molecule has 1 saturated heterocycles. The van der Waals surface area contributed by atoms with Gasteiger partial charge in [0.05, 0.1) is 5.56 Å². The number of nitrogens with zero attached hydrogens (tertiary/aromatic N) is 1. The first-order valence-corrected chi connectivity index (χ1v) is 5.95. The first kappa shape index (κ1) is 13.2. The second kappa shape index (κ2) is 4.79. The molecule has 6 heteroatoms. The second-order valence-electron chi connectivity index (χ2n) is 4.66. The Bertz CT molecular complexity index is 542. The third-order valence-corrected chi connectivity index (χ3v) is 3.25. The van der Waals surface area contributed by atoms with Gasteiger partial charge in [-0.1, -0.05) is 0 Å². The standard InChI is InChI=1S/C13H16N2O4/c1-7-5-8(6-9(11(7)14)13(17)18)19-10-3-4-15(2)12(10)16/h5-6,10H,3-4,14H2,1-2H3,(H,17,18). The van der Waals surface area contributed by atoms with Crippen molar-refractivity contribution in [2.24, 2.45) is 0 Å². The number of aryl methyl sites for hydroxylation is 1. The van der Waals surface area contributed by atoms with E-state index >= 15 is 0 Å². The molecule has 1 amide bonds. The van der Waals surface area contributed by atoms with E-state index in [0.29, 0.717) is 24.3 Å². The minimum atomic E-state index is -1.11. The number of anilines is 1. The van der Waals surface area contributed by atoms with Gasteiger partial charge >= 0.3 is 5.97 Å². The summed E-state index contributed by atoms with van der Waals surface area (Å²) in [5.74, 6) is -0.843. The quantitative estimate of drug-likeness (QED) is 0.791. The number of ether oxygens (including phenoxy) is 1. The molecule has 1 aliphatic rings. The maximum absolute atomic E-state index is 11.7. The number of hydrogen-bond donors (Lipinski definition) is 2. The molecule has 1 heterocycles. The van der Waals surface area contributed by atoms with E-state index in [1.54, 1.807) is 24.9 Å². The number of carboxylic acid groups (broad SMARTS) is 1. The normalized spacial score (nSPS) is 18.7. The fourth-order valence-corrected chi connectivity index (χ4v) is 2.07. The van der Waals surface area contributed by atoms with E-state index in [9.17, 15) is 9.59 Å². The number of aromatic carboxylic acids is 1. The minimum absolute atomic E-state index is 0.00574. The van der Waals surface area contributed by atoms with Crippen LogP contribution in [0.1, 0.15) is 22.3 Å². The lowest BCUT2D eigenvalue weighted by atomic mass is 10.1. The Morgan fingerprint density at radius 3 is 2.74 bits per heavy atom. The highest BCUT2D eigenvalue weighted by Gasteiger charge is 2.31. The fourth-order valence-electron chi connectivity index (χ4n) is 2.07. The first-order chi connectivity index (χ1) is 8.90. The van der Waals surface area contributed by atoms with Gasteiger partial charge in [0.1, 0.15) is 5.75 Å². The SMILES string of the molecule is Cc1cc(OC2CCN(C)C2=O)cc(C(=O)O)c1N. The van der Waals surface area contributed by atoms with E-state index < -0.39 is 12.1 Å². The van der Waals surface area contributed by atoms with Gasteiger partial charge in [0.25, 0.3) is 5.91 Å². The van der Waals surface area contributed by atoms with Crippen molar-refractivity contribution in [3.8, 4) is 5.75 Å². The number of hydrogen-bond acceptors (Lipinski definition) is 4. The van der Waals surface area contributed by atoms with Crippen LogP contribution in [0, 0.1) is 6.92 Å². The first-order valence-electron chi connectivity index (χ1n) is 5.95. The van der Waals surface area contributed by atoms with Crippen molar-refractivity contribution >= 4 is 17.6 Å². The van der Waals surface area contributed by atoms with Gasteiger partial charge < -0.3 is 20.5 Å². The number of carboxylic acids is 1. The lowest BCUT2D eigenvalue weighted by Crippen LogP contribution is -2.29. The molecule has 0 saturated carbocycles. The molecule has 1 aromatic carbocycles. The van der Waals surface area contributed by atoms with Crippen molar-refractivity contribution in [3.63, 3.8) is 0 Å². The monoisotopic (exact) mass is 264 g/mol. The number of nitrogen functional groups attached to an aromatic ring is 1. The molecule has 0 bridgehead atoms. The molecule has 102 valence electrons. The van der Waals surface area contributed by atoms with Gasteiger partial charge in [0.15, 0.2) is 6.10 Å². The second-order valence-corrected chi connectivity index (χ2v) is 4.66. The third-order valence-electron chi connectivity index (χ3n) is 3.25. The van der Waals surface area contributed by atoms with Gasteiger partial charge in [-0.3, -0.25) is 4.79 Å². The molecule has 1 aliphatic heterocycles. The molecule has 19 heavy (non-hydrogen) atoms. The third kappa shape index (κ3) is 2.47. The van der Waals surface area contributed by atoms with Gasteiger partial charge in [-0.15, -0.1) is 0 Å². The Kier molecular flexibility index (Phi) is 3.33. The number of benzene rings is 1. The zero-order valence-electron chi connectivity index (χ0n) is 10.8. The summed E-state index contributed by atoms with van der Waals surface area (Å²) < 4.78 is 5.57. The van der Waals surface area contributed by atoms with Crippen LogP contribution in [-0.2, 0) is 4.79 Å². The number of rotatable bonds is 3. The summed E-state index contributed by atoms with van der Waals surface area (Å²) in [7, 11) is 1.71. The molecule has 1 aromatic rings. The van der Waals surface area contributed by atoms with Crippen LogP contribution in [-0.4, -0.2) is 41.6 Å². The number of amides is 1.